The van der Waals surface area contributed by atoms with Crippen LogP contribution in [-0.4, -0.2) is 48.6 Å². The molecule has 0 atom stereocenters. The zero-order valence-electron chi connectivity index (χ0n) is 19.8. The Balaban J connectivity index is 1.42. The average Bonchev–Trinajstić information content (AvgIpc) is 3.31. The van der Waals surface area contributed by atoms with E-state index in [0.717, 1.165) is 40.4 Å². The molecule has 0 spiro atoms. The Morgan fingerprint density at radius 2 is 1.78 bits per heavy atom. The Morgan fingerprint density at radius 1 is 1.06 bits per heavy atom. The number of aromatic nitrogens is 2. The number of ether oxygens (including phenoxy) is 1. The van der Waals surface area contributed by atoms with Crippen LogP contribution in [-0.2, 0) is 16.4 Å². The quantitative estimate of drug-likeness (QED) is 0.437. The van der Waals surface area contributed by atoms with Crippen LogP contribution in [0.2, 0.25) is 0 Å². The largest absolute Gasteiger partial charge is 0.491 e. The van der Waals surface area contributed by atoms with Crippen molar-refractivity contribution in [1.29, 1.82) is 0 Å². The minimum atomic E-state index is -3.74. The Morgan fingerprint density at radius 3 is 2.47 bits per heavy atom. The molecule has 1 amide bonds. The van der Waals surface area contributed by atoms with Crippen molar-refractivity contribution in [3.63, 3.8) is 0 Å². The summed E-state index contributed by atoms with van der Waals surface area (Å²) in [4.78, 5) is 21.9. The first kappa shape index (κ1) is 23.7. The van der Waals surface area contributed by atoms with Gasteiger partial charge in [0.15, 0.2) is 9.84 Å². The van der Waals surface area contributed by atoms with Crippen LogP contribution in [0.25, 0.3) is 22.5 Å². The monoisotopic (exact) mass is 505 g/mol. The molecule has 0 saturated heterocycles. The number of carbonyl (C=O) groups excluding carboxylic acids is 1. The first-order chi connectivity index (χ1) is 17.2. The smallest absolute Gasteiger partial charge is 0.254 e. The van der Waals surface area contributed by atoms with Gasteiger partial charge < -0.3 is 14.6 Å². The molecular formula is C27H24FN3O4S. The van der Waals surface area contributed by atoms with Crippen LogP contribution in [0.3, 0.4) is 0 Å². The highest BCUT2D eigenvalue weighted by Crippen LogP contribution is 2.31. The van der Waals surface area contributed by atoms with E-state index in [1.54, 1.807) is 17.3 Å². The van der Waals surface area contributed by atoms with Crippen molar-refractivity contribution in [2.75, 3.05) is 19.4 Å². The zero-order chi connectivity index (χ0) is 25.4. The molecule has 0 radical (unpaired) electrons. The molecular weight excluding hydrogens is 481 g/mol. The van der Waals surface area contributed by atoms with Crippen molar-refractivity contribution < 1.29 is 22.3 Å². The van der Waals surface area contributed by atoms with Gasteiger partial charge >= 0.3 is 0 Å². The summed E-state index contributed by atoms with van der Waals surface area (Å²) < 4.78 is 44.3. The Kier molecular flexibility index (Phi) is 6.09. The van der Waals surface area contributed by atoms with Crippen molar-refractivity contribution in [2.24, 2.45) is 0 Å². The predicted molar refractivity (Wildman–Crippen MR) is 134 cm³/mol. The van der Waals surface area contributed by atoms with Gasteiger partial charge in [0.1, 0.15) is 28.9 Å². The average molecular weight is 506 g/mol. The lowest BCUT2D eigenvalue weighted by Gasteiger charge is -2.21. The molecule has 1 aromatic heterocycles. The third-order valence-electron chi connectivity index (χ3n) is 6.30. The van der Waals surface area contributed by atoms with E-state index in [1.165, 1.54) is 13.0 Å². The van der Waals surface area contributed by atoms with Gasteiger partial charge in [0.05, 0.1) is 6.54 Å². The number of fused-ring (bicyclic) bond motifs is 1. The van der Waals surface area contributed by atoms with Crippen LogP contribution in [0.15, 0.2) is 71.9 Å². The molecule has 3 aromatic carbocycles. The number of carbonyl (C=O) groups is 1. The number of aromatic amines is 1. The number of imidazole rings is 1. The molecule has 0 unspecified atom stereocenters. The van der Waals surface area contributed by atoms with E-state index >= 15 is 0 Å². The SMILES string of the molecule is Cc1c(C(=O)N2CCOc3ccc(-c4ccc(-c5ncc[nH]5)cc4)cc3C2)ccc(S(C)(=O)=O)c1F. The maximum atomic E-state index is 14.8. The van der Waals surface area contributed by atoms with E-state index in [0.29, 0.717) is 18.9 Å². The van der Waals surface area contributed by atoms with Gasteiger partial charge in [-0.2, -0.15) is 0 Å². The minimum Gasteiger partial charge on any atom is -0.491 e. The molecule has 184 valence electrons. The molecule has 0 saturated carbocycles. The van der Waals surface area contributed by atoms with E-state index in [1.807, 2.05) is 42.5 Å². The first-order valence-corrected chi connectivity index (χ1v) is 13.3. The van der Waals surface area contributed by atoms with Crippen molar-refractivity contribution >= 4 is 15.7 Å². The molecule has 1 N–H and O–H groups in total. The molecule has 7 nitrogen and oxygen atoms in total. The van der Waals surface area contributed by atoms with Crippen molar-refractivity contribution in [1.82, 2.24) is 14.9 Å². The number of rotatable bonds is 4. The van der Waals surface area contributed by atoms with Crippen LogP contribution in [0.4, 0.5) is 4.39 Å². The maximum Gasteiger partial charge on any atom is 0.254 e. The van der Waals surface area contributed by atoms with Crippen LogP contribution in [0.5, 0.6) is 5.75 Å². The number of amides is 1. The molecule has 5 rings (SSSR count). The fourth-order valence-corrected chi connectivity index (χ4v) is 5.13. The molecule has 1 aliphatic heterocycles. The first-order valence-electron chi connectivity index (χ1n) is 11.4. The number of nitrogens with one attached hydrogen (secondary N) is 1. The third-order valence-corrected chi connectivity index (χ3v) is 7.41. The number of H-pyrrole nitrogens is 1. The number of halogens is 1. The predicted octanol–water partition coefficient (Wildman–Crippen LogP) is 4.63. The van der Waals surface area contributed by atoms with E-state index in [2.05, 4.69) is 9.97 Å². The van der Waals surface area contributed by atoms with Gasteiger partial charge in [-0.3, -0.25) is 4.79 Å². The van der Waals surface area contributed by atoms with Gasteiger partial charge in [-0.1, -0.05) is 30.3 Å². The third kappa shape index (κ3) is 4.49. The highest BCUT2D eigenvalue weighted by atomic mass is 32.2. The molecule has 2 heterocycles. The summed E-state index contributed by atoms with van der Waals surface area (Å²) in [5.74, 6) is 0.213. The summed E-state index contributed by atoms with van der Waals surface area (Å²) >= 11 is 0. The molecule has 0 aliphatic carbocycles. The lowest BCUT2D eigenvalue weighted by atomic mass is 10.0. The lowest BCUT2D eigenvalue weighted by molar-refractivity contribution is 0.0731. The number of benzene rings is 3. The van der Waals surface area contributed by atoms with Gasteiger partial charge in [0, 0.05) is 41.9 Å². The summed E-state index contributed by atoms with van der Waals surface area (Å²) in [5, 5.41) is 0. The fourth-order valence-electron chi connectivity index (χ4n) is 4.34. The van der Waals surface area contributed by atoms with Crippen LogP contribution in [0.1, 0.15) is 21.5 Å². The molecule has 36 heavy (non-hydrogen) atoms. The van der Waals surface area contributed by atoms with Gasteiger partial charge in [-0.15, -0.1) is 0 Å². The Hall–Kier alpha value is -3.98. The molecule has 0 fully saturated rings. The second-order valence-electron chi connectivity index (χ2n) is 8.74. The fraction of sp³-hybridized carbons (Fsp3) is 0.185. The number of hydrogen-bond donors (Lipinski definition) is 1. The van der Waals surface area contributed by atoms with Gasteiger partial charge in [0.2, 0.25) is 0 Å². The Labute approximate surface area is 208 Å². The Bertz CT molecular complexity index is 1550. The molecule has 9 heteroatoms. The summed E-state index contributed by atoms with van der Waals surface area (Å²) in [6, 6.07) is 16.4. The van der Waals surface area contributed by atoms with Crippen molar-refractivity contribution in [2.45, 2.75) is 18.4 Å². The summed E-state index contributed by atoms with van der Waals surface area (Å²) in [6.45, 7) is 2.31. The minimum absolute atomic E-state index is 0.0127. The highest BCUT2D eigenvalue weighted by molar-refractivity contribution is 7.90. The van der Waals surface area contributed by atoms with Crippen LogP contribution < -0.4 is 4.74 Å². The lowest BCUT2D eigenvalue weighted by Crippen LogP contribution is -2.33. The number of hydrogen-bond acceptors (Lipinski definition) is 5. The second kappa shape index (κ2) is 9.23. The topological polar surface area (TPSA) is 92.4 Å². The zero-order valence-corrected chi connectivity index (χ0v) is 20.6. The molecule has 4 aromatic rings. The molecule has 0 bridgehead atoms. The summed E-state index contributed by atoms with van der Waals surface area (Å²) in [6.07, 6.45) is 4.43. The van der Waals surface area contributed by atoms with E-state index in [9.17, 15) is 17.6 Å². The van der Waals surface area contributed by atoms with E-state index < -0.39 is 20.5 Å². The standard InChI is InChI=1S/C27H24FN3O4S/c1-17-22(8-10-24(25(17)28)36(2,33)34)27(32)31-13-14-35-23-9-7-20(15-21(23)16-31)18-3-5-19(6-4-18)26-29-11-12-30-26/h3-12,15H,13-14,16H2,1-2H3,(H,29,30). The second-order valence-corrected chi connectivity index (χ2v) is 10.7. The number of nitrogens with zero attached hydrogens (tertiary/aromatic N) is 2. The van der Waals surface area contributed by atoms with Gasteiger partial charge in [0.25, 0.3) is 5.91 Å². The van der Waals surface area contributed by atoms with E-state index in [-0.39, 0.29) is 23.6 Å². The summed E-state index contributed by atoms with van der Waals surface area (Å²) in [7, 11) is -3.74. The number of sulfone groups is 1. The van der Waals surface area contributed by atoms with Crippen molar-refractivity contribution in [3.05, 3.63) is 89.5 Å². The van der Waals surface area contributed by atoms with E-state index in [4.69, 9.17) is 4.74 Å². The van der Waals surface area contributed by atoms with Gasteiger partial charge in [-0.25, -0.2) is 17.8 Å². The van der Waals surface area contributed by atoms with Crippen LogP contribution >= 0.6 is 0 Å². The van der Waals surface area contributed by atoms with Crippen molar-refractivity contribution in [3.8, 4) is 28.3 Å². The summed E-state index contributed by atoms with van der Waals surface area (Å²) in [5.41, 5.74) is 3.93. The highest BCUT2D eigenvalue weighted by Gasteiger charge is 2.26. The van der Waals surface area contributed by atoms with Gasteiger partial charge in [-0.05, 0) is 47.9 Å². The normalized spacial score (nSPS) is 13.6. The van der Waals surface area contributed by atoms with Crippen LogP contribution in [0, 0.1) is 12.7 Å². The maximum absolute atomic E-state index is 14.8. The molecule has 1 aliphatic rings.